The topological polar surface area (TPSA) is 80.6 Å². The van der Waals surface area contributed by atoms with Crippen LogP contribution in [0.1, 0.15) is 29.1 Å². The van der Waals surface area contributed by atoms with Crippen molar-refractivity contribution in [3.63, 3.8) is 0 Å². The number of ether oxygens (including phenoxy) is 1. The molecule has 4 aromatic rings. The predicted octanol–water partition coefficient (Wildman–Crippen LogP) is 4.83. The summed E-state index contributed by atoms with van der Waals surface area (Å²) in [6, 6.07) is 25.4. The number of nitrogens with one attached hydrogen (secondary N) is 2. The predicted molar refractivity (Wildman–Crippen MR) is 118 cm³/mol. The van der Waals surface area contributed by atoms with Gasteiger partial charge in [-0.25, -0.2) is 0 Å². The SMILES string of the molecule is C[C@@H](NC(=O)CNC(=O)c1ccc(Oc2ccccc2)cc1)c1cc2ccccc2o1. The highest BCUT2D eigenvalue weighted by atomic mass is 16.5. The largest absolute Gasteiger partial charge is 0.459 e. The molecule has 0 aliphatic heterocycles. The van der Waals surface area contributed by atoms with E-state index in [1.54, 1.807) is 24.3 Å². The van der Waals surface area contributed by atoms with E-state index in [1.807, 2.05) is 67.6 Å². The van der Waals surface area contributed by atoms with Crippen molar-refractivity contribution >= 4 is 22.8 Å². The molecule has 2 N–H and O–H groups in total. The molecule has 6 heteroatoms. The fourth-order valence-corrected chi connectivity index (χ4v) is 3.14. The van der Waals surface area contributed by atoms with Crippen LogP contribution in [0, 0.1) is 0 Å². The van der Waals surface area contributed by atoms with Crippen molar-refractivity contribution in [1.82, 2.24) is 10.6 Å². The third kappa shape index (κ3) is 5.11. The van der Waals surface area contributed by atoms with E-state index < -0.39 is 0 Å². The molecule has 2 amide bonds. The highest BCUT2D eigenvalue weighted by Gasteiger charge is 2.15. The van der Waals surface area contributed by atoms with Crippen molar-refractivity contribution in [3.05, 3.63) is 96.3 Å². The van der Waals surface area contributed by atoms with Gasteiger partial charge in [0.1, 0.15) is 22.8 Å². The number of carbonyl (C=O) groups is 2. The van der Waals surface area contributed by atoms with Gasteiger partial charge in [-0.15, -0.1) is 0 Å². The number of rotatable bonds is 7. The van der Waals surface area contributed by atoms with E-state index in [2.05, 4.69) is 10.6 Å². The van der Waals surface area contributed by atoms with E-state index in [0.29, 0.717) is 17.1 Å². The van der Waals surface area contributed by atoms with Gasteiger partial charge in [-0.2, -0.15) is 0 Å². The molecule has 156 valence electrons. The average Bonchev–Trinajstić information content (AvgIpc) is 3.23. The number of carbonyl (C=O) groups excluding carboxylic acids is 2. The first-order valence-corrected chi connectivity index (χ1v) is 9.97. The van der Waals surface area contributed by atoms with Crippen LogP contribution in [0.2, 0.25) is 0 Å². The lowest BCUT2D eigenvalue weighted by Crippen LogP contribution is -2.37. The maximum absolute atomic E-state index is 12.3. The molecule has 0 bridgehead atoms. The van der Waals surface area contributed by atoms with Gasteiger partial charge in [0.2, 0.25) is 5.91 Å². The Balaban J connectivity index is 1.28. The second-order valence-electron chi connectivity index (χ2n) is 7.10. The molecule has 0 fully saturated rings. The number of hydrogen-bond acceptors (Lipinski definition) is 4. The lowest BCUT2D eigenvalue weighted by atomic mass is 10.2. The van der Waals surface area contributed by atoms with E-state index in [4.69, 9.17) is 9.15 Å². The Labute approximate surface area is 179 Å². The Bertz CT molecular complexity index is 1150. The second-order valence-corrected chi connectivity index (χ2v) is 7.10. The summed E-state index contributed by atoms with van der Waals surface area (Å²) in [6.45, 7) is 1.70. The molecule has 0 aliphatic carbocycles. The van der Waals surface area contributed by atoms with Crippen LogP contribution in [0.15, 0.2) is 89.3 Å². The number of hydrogen-bond donors (Lipinski definition) is 2. The third-order valence-corrected chi connectivity index (χ3v) is 4.75. The molecule has 0 radical (unpaired) electrons. The minimum absolute atomic E-state index is 0.133. The molecule has 0 spiro atoms. The highest BCUT2D eigenvalue weighted by molar-refractivity contribution is 5.96. The summed E-state index contributed by atoms with van der Waals surface area (Å²) in [7, 11) is 0. The first kappa shape index (κ1) is 20.2. The number of fused-ring (bicyclic) bond motifs is 1. The van der Waals surface area contributed by atoms with Crippen molar-refractivity contribution in [2.24, 2.45) is 0 Å². The molecule has 31 heavy (non-hydrogen) atoms. The summed E-state index contributed by atoms with van der Waals surface area (Å²) < 4.78 is 11.5. The third-order valence-electron chi connectivity index (χ3n) is 4.75. The van der Waals surface area contributed by atoms with Crippen LogP contribution in [0.25, 0.3) is 11.0 Å². The minimum atomic E-state index is -0.335. The summed E-state index contributed by atoms with van der Waals surface area (Å²) in [6.07, 6.45) is 0. The van der Waals surface area contributed by atoms with Crippen LogP contribution in [-0.2, 0) is 4.79 Å². The van der Waals surface area contributed by atoms with Crippen LogP contribution in [0.5, 0.6) is 11.5 Å². The first-order valence-electron chi connectivity index (χ1n) is 9.97. The second kappa shape index (κ2) is 9.17. The number of benzene rings is 3. The smallest absolute Gasteiger partial charge is 0.251 e. The zero-order valence-electron chi connectivity index (χ0n) is 17.0. The van der Waals surface area contributed by atoms with Gasteiger partial charge in [0, 0.05) is 10.9 Å². The Hall–Kier alpha value is -4.06. The van der Waals surface area contributed by atoms with Gasteiger partial charge in [0.05, 0.1) is 12.6 Å². The van der Waals surface area contributed by atoms with E-state index in [-0.39, 0.29) is 24.4 Å². The molecule has 0 unspecified atom stereocenters. The van der Waals surface area contributed by atoms with Gasteiger partial charge < -0.3 is 19.8 Å². The molecule has 0 aliphatic rings. The molecule has 1 heterocycles. The average molecular weight is 414 g/mol. The van der Waals surface area contributed by atoms with E-state index >= 15 is 0 Å². The fourth-order valence-electron chi connectivity index (χ4n) is 3.14. The zero-order chi connectivity index (χ0) is 21.6. The Morgan fingerprint density at radius 3 is 2.32 bits per heavy atom. The molecule has 0 saturated carbocycles. The molecule has 1 aromatic heterocycles. The molecular weight excluding hydrogens is 392 g/mol. The number of amides is 2. The lowest BCUT2D eigenvalue weighted by molar-refractivity contribution is -0.120. The summed E-state index contributed by atoms with van der Waals surface area (Å²) in [5, 5.41) is 6.44. The van der Waals surface area contributed by atoms with Gasteiger partial charge in [-0.1, -0.05) is 36.4 Å². The fraction of sp³-hybridized carbons (Fsp3) is 0.120. The van der Waals surface area contributed by atoms with Crippen LogP contribution in [-0.4, -0.2) is 18.4 Å². The Morgan fingerprint density at radius 1 is 0.903 bits per heavy atom. The molecule has 3 aromatic carbocycles. The molecule has 1 atom stereocenters. The maximum Gasteiger partial charge on any atom is 0.251 e. The van der Waals surface area contributed by atoms with Crippen LogP contribution >= 0.6 is 0 Å². The quantitative estimate of drug-likeness (QED) is 0.454. The molecular formula is C25H22N2O4. The van der Waals surface area contributed by atoms with Crippen molar-refractivity contribution in [3.8, 4) is 11.5 Å². The van der Waals surface area contributed by atoms with E-state index in [0.717, 1.165) is 16.7 Å². The van der Waals surface area contributed by atoms with Gasteiger partial charge >= 0.3 is 0 Å². The summed E-state index contributed by atoms with van der Waals surface area (Å²) in [4.78, 5) is 24.6. The first-order chi connectivity index (χ1) is 15.1. The van der Waals surface area contributed by atoms with Gasteiger partial charge in [0.15, 0.2) is 0 Å². The van der Waals surface area contributed by atoms with Crippen molar-refractivity contribution in [2.45, 2.75) is 13.0 Å². The van der Waals surface area contributed by atoms with Gasteiger partial charge in [-0.05, 0) is 55.5 Å². The van der Waals surface area contributed by atoms with Crippen LogP contribution in [0.3, 0.4) is 0 Å². The Morgan fingerprint density at radius 2 is 1.58 bits per heavy atom. The maximum atomic E-state index is 12.3. The van der Waals surface area contributed by atoms with Crippen molar-refractivity contribution < 1.29 is 18.7 Å². The zero-order valence-corrected chi connectivity index (χ0v) is 17.0. The molecule has 4 rings (SSSR count). The summed E-state index contributed by atoms with van der Waals surface area (Å²) >= 11 is 0. The van der Waals surface area contributed by atoms with Crippen molar-refractivity contribution in [1.29, 1.82) is 0 Å². The van der Waals surface area contributed by atoms with Gasteiger partial charge in [0.25, 0.3) is 5.91 Å². The summed E-state index contributed by atoms with van der Waals surface area (Å²) in [5.74, 6) is 1.37. The molecule has 0 saturated heterocycles. The normalized spacial score (nSPS) is 11.6. The minimum Gasteiger partial charge on any atom is -0.459 e. The molecule has 6 nitrogen and oxygen atoms in total. The van der Waals surface area contributed by atoms with Crippen molar-refractivity contribution in [2.75, 3.05) is 6.54 Å². The van der Waals surface area contributed by atoms with Gasteiger partial charge in [-0.3, -0.25) is 9.59 Å². The monoisotopic (exact) mass is 414 g/mol. The number of furan rings is 1. The Kier molecular flexibility index (Phi) is 5.98. The summed E-state index contributed by atoms with van der Waals surface area (Å²) in [5.41, 5.74) is 1.21. The lowest BCUT2D eigenvalue weighted by Gasteiger charge is -2.12. The highest BCUT2D eigenvalue weighted by Crippen LogP contribution is 2.23. The van der Waals surface area contributed by atoms with E-state index in [1.165, 1.54) is 0 Å². The number of para-hydroxylation sites is 2. The van der Waals surface area contributed by atoms with Crippen LogP contribution < -0.4 is 15.4 Å². The standard InChI is InChI=1S/C25H22N2O4/c1-17(23-15-19-7-5-6-10-22(19)31-23)27-24(28)16-26-25(29)18-11-13-21(14-12-18)30-20-8-3-2-4-9-20/h2-15,17H,16H2,1H3,(H,26,29)(H,27,28)/t17-/m1/s1. The van der Waals surface area contributed by atoms with Crippen LogP contribution in [0.4, 0.5) is 0 Å². The van der Waals surface area contributed by atoms with E-state index in [9.17, 15) is 9.59 Å².